The van der Waals surface area contributed by atoms with Gasteiger partial charge in [-0.15, -0.1) is 0 Å². The van der Waals surface area contributed by atoms with Crippen molar-refractivity contribution >= 4 is 33.1 Å². The highest BCUT2D eigenvalue weighted by Gasteiger charge is 2.42. The van der Waals surface area contributed by atoms with E-state index in [9.17, 15) is 22.6 Å². The zero-order chi connectivity index (χ0) is 24.8. The summed E-state index contributed by atoms with van der Waals surface area (Å²) in [6.45, 7) is 2.28. The van der Waals surface area contributed by atoms with E-state index in [1.54, 1.807) is 12.1 Å². The number of rotatable bonds is 6. The van der Waals surface area contributed by atoms with Gasteiger partial charge in [-0.1, -0.05) is 24.6 Å². The van der Waals surface area contributed by atoms with Crippen molar-refractivity contribution in [2.75, 3.05) is 12.8 Å². The van der Waals surface area contributed by atoms with Gasteiger partial charge in [-0.05, 0) is 61.4 Å². The summed E-state index contributed by atoms with van der Waals surface area (Å²) in [5.41, 5.74) is 0.290. The Morgan fingerprint density at radius 2 is 1.91 bits per heavy atom. The molecule has 0 aromatic heterocycles. The molecule has 1 aliphatic heterocycles. The molecule has 1 unspecified atom stereocenters. The van der Waals surface area contributed by atoms with Crippen LogP contribution < -0.4 is 5.32 Å². The van der Waals surface area contributed by atoms with E-state index in [-0.39, 0.29) is 32.9 Å². The molecule has 2 N–H and O–H groups in total. The third-order valence-electron chi connectivity index (χ3n) is 6.37. The molecular formula is C24H26ClF2N3O3S. The van der Waals surface area contributed by atoms with Gasteiger partial charge in [0.15, 0.2) is 0 Å². The van der Waals surface area contributed by atoms with E-state index in [0.29, 0.717) is 13.0 Å². The third kappa shape index (κ3) is 5.10. The number of carbonyl (C=O) groups excluding carboxylic acids is 2. The van der Waals surface area contributed by atoms with Crippen LogP contribution in [0, 0.1) is 28.2 Å². The molecule has 2 amide bonds. The first-order valence-corrected chi connectivity index (χ1v) is 13.4. The molecule has 4 atom stereocenters. The summed E-state index contributed by atoms with van der Waals surface area (Å²) in [5.74, 6) is -2.24. The molecule has 4 rings (SSSR count). The lowest BCUT2D eigenvalue weighted by molar-refractivity contribution is -0.125. The van der Waals surface area contributed by atoms with E-state index in [0.717, 1.165) is 25.0 Å². The number of nitrogens with one attached hydrogen (secondary N) is 2. The van der Waals surface area contributed by atoms with E-state index < -0.39 is 45.3 Å². The highest BCUT2D eigenvalue weighted by atomic mass is 35.5. The molecule has 1 saturated heterocycles. The second-order valence-corrected chi connectivity index (χ2v) is 11.9. The Labute approximate surface area is 202 Å². The topological polar surface area (TPSA) is 90.3 Å². The largest absolute Gasteiger partial charge is 0.347 e. The first kappa shape index (κ1) is 24.6. The number of halogens is 3. The fraction of sp³-hybridized carbons (Fsp3) is 0.417. The Balaban J connectivity index is 1.58. The summed E-state index contributed by atoms with van der Waals surface area (Å²) in [6.07, 6.45) is 3.25. The molecular weight excluding hydrogens is 484 g/mol. The standard InChI is InChI=1S/C24H26ClF2N3O3S/c1-13-8-21(30(12-13)24(32)15-4-3-5-16(9-15)34(2,28)33)23(31)29-22(14-6-7-14)17-10-20(27)18(25)11-19(17)26/h3-5,9-11,13-14,21-22,28H,6-8,12H2,1-2H3,(H,29,31)/t13-,21-,22-,34?/m1/s1. The predicted molar refractivity (Wildman–Crippen MR) is 125 cm³/mol. The minimum atomic E-state index is -3.01. The van der Waals surface area contributed by atoms with E-state index >= 15 is 0 Å². The highest BCUT2D eigenvalue weighted by molar-refractivity contribution is 7.91. The van der Waals surface area contributed by atoms with Crippen LogP contribution in [0.15, 0.2) is 41.3 Å². The van der Waals surface area contributed by atoms with E-state index in [4.69, 9.17) is 16.4 Å². The molecule has 0 bridgehead atoms. The van der Waals surface area contributed by atoms with Gasteiger partial charge in [-0.3, -0.25) is 9.59 Å². The fourth-order valence-electron chi connectivity index (χ4n) is 4.46. The van der Waals surface area contributed by atoms with Gasteiger partial charge in [0, 0.05) is 28.8 Å². The van der Waals surface area contributed by atoms with Crippen LogP contribution in [-0.2, 0) is 14.5 Å². The molecule has 2 aromatic carbocycles. The van der Waals surface area contributed by atoms with Crippen LogP contribution in [0.1, 0.15) is 48.1 Å². The van der Waals surface area contributed by atoms with Crippen LogP contribution in [0.5, 0.6) is 0 Å². The van der Waals surface area contributed by atoms with Crippen molar-refractivity contribution in [2.24, 2.45) is 11.8 Å². The van der Waals surface area contributed by atoms with Crippen molar-refractivity contribution in [3.8, 4) is 0 Å². The minimum Gasteiger partial charge on any atom is -0.347 e. The van der Waals surface area contributed by atoms with Crippen LogP contribution in [0.3, 0.4) is 0 Å². The quantitative estimate of drug-likeness (QED) is 0.549. The number of carbonyl (C=O) groups is 2. The zero-order valence-electron chi connectivity index (χ0n) is 18.8. The van der Waals surface area contributed by atoms with Crippen LogP contribution >= 0.6 is 11.6 Å². The number of benzene rings is 2. The normalized spacial score (nSPS) is 22.8. The lowest BCUT2D eigenvalue weighted by Gasteiger charge is -2.27. The highest BCUT2D eigenvalue weighted by Crippen LogP contribution is 2.42. The average molecular weight is 510 g/mol. The number of likely N-dealkylation sites (tertiary alicyclic amines) is 1. The van der Waals surface area contributed by atoms with Crippen molar-refractivity contribution in [1.29, 1.82) is 4.78 Å². The van der Waals surface area contributed by atoms with Crippen molar-refractivity contribution in [3.63, 3.8) is 0 Å². The van der Waals surface area contributed by atoms with Crippen LogP contribution in [0.2, 0.25) is 5.02 Å². The smallest absolute Gasteiger partial charge is 0.254 e. The third-order valence-corrected chi connectivity index (χ3v) is 7.81. The molecule has 2 aliphatic rings. The molecule has 1 aliphatic carbocycles. The van der Waals surface area contributed by atoms with E-state index in [1.165, 1.54) is 23.3 Å². The lowest BCUT2D eigenvalue weighted by atomic mass is 10.00. The Kier molecular flexibility index (Phi) is 6.70. The molecule has 6 nitrogen and oxygen atoms in total. The van der Waals surface area contributed by atoms with Crippen molar-refractivity contribution in [1.82, 2.24) is 10.2 Å². The van der Waals surface area contributed by atoms with Crippen molar-refractivity contribution in [2.45, 2.75) is 43.2 Å². The molecule has 2 fully saturated rings. The van der Waals surface area contributed by atoms with Gasteiger partial charge in [0.25, 0.3) is 5.91 Å². The summed E-state index contributed by atoms with van der Waals surface area (Å²) in [7, 11) is -3.01. The summed E-state index contributed by atoms with van der Waals surface area (Å²) in [6, 6.07) is 6.52. The van der Waals surface area contributed by atoms with Gasteiger partial charge in [-0.25, -0.2) is 17.8 Å². The molecule has 182 valence electrons. The maximum Gasteiger partial charge on any atom is 0.254 e. The summed E-state index contributed by atoms with van der Waals surface area (Å²) >= 11 is 5.69. The van der Waals surface area contributed by atoms with Gasteiger partial charge >= 0.3 is 0 Å². The van der Waals surface area contributed by atoms with Gasteiger partial charge in [0.05, 0.1) is 20.8 Å². The van der Waals surface area contributed by atoms with Crippen molar-refractivity contribution < 1.29 is 22.6 Å². The molecule has 1 saturated carbocycles. The summed E-state index contributed by atoms with van der Waals surface area (Å²) < 4.78 is 48.6. The van der Waals surface area contributed by atoms with Crippen molar-refractivity contribution in [3.05, 3.63) is 64.2 Å². The SMILES string of the molecule is C[C@@H]1C[C@H](C(=O)N[C@@H](c2cc(F)c(Cl)cc2F)C2CC2)N(C(=O)c2cccc(S(C)(=N)=O)c2)C1. The zero-order valence-corrected chi connectivity index (χ0v) is 20.4. The summed E-state index contributed by atoms with van der Waals surface area (Å²) in [5, 5.41) is 2.53. The van der Waals surface area contributed by atoms with Gasteiger partial charge < -0.3 is 10.2 Å². The van der Waals surface area contributed by atoms with Crippen LogP contribution in [0.25, 0.3) is 0 Å². The number of hydrogen-bond acceptors (Lipinski definition) is 4. The average Bonchev–Trinajstić information content (AvgIpc) is 3.54. The lowest BCUT2D eigenvalue weighted by Crippen LogP contribution is -2.47. The van der Waals surface area contributed by atoms with Crippen LogP contribution in [-0.4, -0.2) is 39.8 Å². The predicted octanol–water partition coefficient (Wildman–Crippen LogP) is 4.77. The molecule has 34 heavy (non-hydrogen) atoms. The van der Waals surface area contributed by atoms with Gasteiger partial charge in [0.1, 0.15) is 17.7 Å². The maximum absolute atomic E-state index is 14.6. The Bertz CT molecular complexity index is 1250. The maximum atomic E-state index is 14.6. The first-order valence-electron chi connectivity index (χ1n) is 11.1. The molecule has 0 spiro atoms. The minimum absolute atomic E-state index is 0.0200. The monoisotopic (exact) mass is 509 g/mol. The Hall–Kier alpha value is -2.52. The fourth-order valence-corrected chi connectivity index (χ4v) is 5.30. The Morgan fingerprint density at radius 3 is 2.56 bits per heavy atom. The van der Waals surface area contributed by atoms with E-state index in [1.807, 2.05) is 6.92 Å². The van der Waals surface area contributed by atoms with Crippen LogP contribution in [0.4, 0.5) is 8.78 Å². The molecule has 10 heteroatoms. The number of hydrogen-bond donors (Lipinski definition) is 2. The molecule has 0 radical (unpaired) electrons. The molecule has 1 heterocycles. The molecule has 2 aromatic rings. The second-order valence-electron chi connectivity index (χ2n) is 9.30. The van der Waals surface area contributed by atoms with Gasteiger partial charge in [0.2, 0.25) is 5.91 Å². The Morgan fingerprint density at radius 1 is 1.21 bits per heavy atom. The van der Waals surface area contributed by atoms with Gasteiger partial charge in [-0.2, -0.15) is 0 Å². The first-order chi connectivity index (χ1) is 16.0. The summed E-state index contributed by atoms with van der Waals surface area (Å²) in [4.78, 5) is 28.3. The second kappa shape index (κ2) is 9.26. The number of amides is 2. The number of nitrogens with zero attached hydrogens (tertiary/aromatic N) is 1. The van der Waals surface area contributed by atoms with E-state index in [2.05, 4.69) is 5.32 Å².